The predicted molar refractivity (Wildman–Crippen MR) is 67.7 cm³/mol. The Morgan fingerprint density at radius 2 is 1.82 bits per heavy atom. The summed E-state index contributed by atoms with van der Waals surface area (Å²) in [5.74, 6) is 0.676. The molecule has 0 saturated carbocycles. The van der Waals surface area contributed by atoms with Crippen LogP contribution in [0.4, 0.5) is 0 Å². The molecule has 5 heteroatoms. The zero-order valence-corrected chi connectivity index (χ0v) is 11.3. The maximum atomic E-state index is 11.9. The topological polar surface area (TPSA) is 55.4 Å². The molecule has 0 heterocycles. The Balaban J connectivity index is 2.85. The maximum absolute atomic E-state index is 11.9. The van der Waals surface area contributed by atoms with Crippen molar-refractivity contribution in [2.24, 2.45) is 0 Å². The Hall–Kier alpha value is -1.07. The first kappa shape index (κ1) is 14.0. The zero-order valence-electron chi connectivity index (χ0n) is 10.4. The van der Waals surface area contributed by atoms with E-state index in [9.17, 15) is 8.42 Å². The Bertz CT molecular complexity index is 439. The first-order chi connectivity index (χ1) is 7.99. The molecular weight excluding hydrogens is 238 g/mol. The maximum Gasteiger partial charge on any atom is 0.240 e. The third-order valence-corrected chi connectivity index (χ3v) is 4.02. The molecule has 1 N–H and O–H groups in total. The van der Waals surface area contributed by atoms with Gasteiger partial charge in [0.2, 0.25) is 10.0 Å². The number of benzene rings is 1. The van der Waals surface area contributed by atoms with E-state index < -0.39 is 10.0 Å². The summed E-state index contributed by atoms with van der Waals surface area (Å²) in [6, 6.07) is 6.36. The normalized spacial score (nSPS) is 13.4. The molecule has 0 aliphatic heterocycles. The van der Waals surface area contributed by atoms with Crippen LogP contribution < -0.4 is 9.46 Å². The Morgan fingerprint density at radius 3 is 2.29 bits per heavy atom. The first-order valence-corrected chi connectivity index (χ1v) is 7.23. The van der Waals surface area contributed by atoms with Crippen molar-refractivity contribution in [2.75, 3.05) is 6.61 Å². The molecule has 0 fully saturated rings. The fourth-order valence-corrected chi connectivity index (χ4v) is 2.62. The van der Waals surface area contributed by atoms with Crippen LogP contribution in [0.5, 0.6) is 5.75 Å². The van der Waals surface area contributed by atoms with Gasteiger partial charge in [-0.05, 0) is 44.5 Å². The van der Waals surface area contributed by atoms with Crippen molar-refractivity contribution in [2.45, 2.75) is 38.1 Å². The SMILES string of the molecule is CCOc1ccc(S(=O)(=O)NC(C)CC)cc1. The van der Waals surface area contributed by atoms with Crippen molar-refractivity contribution in [3.05, 3.63) is 24.3 Å². The van der Waals surface area contributed by atoms with E-state index >= 15 is 0 Å². The lowest BCUT2D eigenvalue weighted by Crippen LogP contribution is -2.31. The van der Waals surface area contributed by atoms with Gasteiger partial charge in [-0.25, -0.2) is 13.1 Å². The van der Waals surface area contributed by atoms with Gasteiger partial charge < -0.3 is 4.74 Å². The van der Waals surface area contributed by atoms with Crippen molar-refractivity contribution in [1.82, 2.24) is 4.72 Å². The van der Waals surface area contributed by atoms with E-state index in [1.807, 2.05) is 20.8 Å². The Morgan fingerprint density at radius 1 is 1.24 bits per heavy atom. The summed E-state index contributed by atoms with van der Waals surface area (Å²) >= 11 is 0. The average Bonchev–Trinajstić information content (AvgIpc) is 2.29. The lowest BCUT2D eigenvalue weighted by atomic mass is 10.3. The summed E-state index contributed by atoms with van der Waals surface area (Å²) in [5.41, 5.74) is 0. The van der Waals surface area contributed by atoms with Crippen LogP contribution in [-0.4, -0.2) is 21.1 Å². The van der Waals surface area contributed by atoms with Crippen molar-refractivity contribution >= 4 is 10.0 Å². The number of hydrogen-bond acceptors (Lipinski definition) is 3. The molecule has 0 aliphatic rings. The van der Waals surface area contributed by atoms with Crippen LogP contribution in [0.2, 0.25) is 0 Å². The van der Waals surface area contributed by atoms with Gasteiger partial charge in [-0.3, -0.25) is 0 Å². The highest BCUT2D eigenvalue weighted by molar-refractivity contribution is 7.89. The molecule has 1 atom stereocenters. The van der Waals surface area contributed by atoms with Crippen LogP contribution in [-0.2, 0) is 10.0 Å². The molecular formula is C12H19NO3S. The van der Waals surface area contributed by atoms with Gasteiger partial charge in [-0.1, -0.05) is 6.92 Å². The molecule has 96 valence electrons. The van der Waals surface area contributed by atoms with Crippen molar-refractivity contribution < 1.29 is 13.2 Å². The second-order valence-corrected chi connectivity index (χ2v) is 5.55. The van der Waals surface area contributed by atoms with Gasteiger partial charge in [0.15, 0.2) is 0 Å². The summed E-state index contributed by atoms with van der Waals surface area (Å²) < 4.78 is 31.7. The third-order valence-electron chi connectivity index (χ3n) is 2.41. The van der Waals surface area contributed by atoms with E-state index in [1.54, 1.807) is 24.3 Å². The van der Waals surface area contributed by atoms with Gasteiger partial charge in [0.05, 0.1) is 11.5 Å². The molecule has 1 rings (SSSR count). The Kier molecular flexibility index (Phi) is 4.96. The third kappa shape index (κ3) is 4.02. The minimum absolute atomic E-state index is 0.0634. The number of rotatable bonds is 6. The van der Waals surface area contributed by atoms with E-state index in [2.05, 4.69) is 4.72 Å². The fourth-order valence-electron chi connectivity index (χ4n) is 1.30. The molecule has 0 bridgehead atoms. The highest BCUT2D eigenvalue weighted by Gasteiger charge is 2.16. The molecule has 0 radical (unpaired) electrons. The predicted octanol–water partition coefficient (Wildman–Crippen LogP) is 2.16. The van der Waals surface area contributed by atoms with E-state index in [1.165, 1.54) is 0 Å². The molecule has 4 nitrogen and oxygen atoms in total. The summed E-state index contributed by atoms with van der Waals surface area (Å²) in [7, 11) is -3.41. The number of hydrogen-bond donors (Lipinski definition) is 1. The van der Waals surface area contributed by atoms with Crippen LogP contribution >= 0.6 is 0 Å². The lowest BCUT2D eigenvalue weighted by molar-refractivity contribution is 0.340. The fraction of sp³-hybridized carbons (Fsp3) is 0.500. The number of ether oxygens (including phenoxy) is 1. The highest BCUT2D eigenvalue weighted by atomic mass is 32.2. The van der Waals surface area contributed by atoms with Crippen molar-refractivity contribution in [3.63, 3.8) is 0 Å². The summed E-state index contributed by atoms with van der Waals surface area (Å²) in [5, 5.41) is 0. The smallest absolute Gasteiger partial charge is 0.240 e. The Labute approximate surface area is 103 Å². The van der Waals surface area contributed by atoms with Crippen LogP contribution in [0.15, 0.2) is 29.2 Å². The second-order valence-electron chi connectivity index (χ2n) is 3.84. The molecule has 0 saturated heterocycles. The molecule has 0 spiro atoms. The minimum atomic E-state index is -3.41. The van der Waals surface area contributed by atoms with Crippen molar-refractivity contribution in [1.29, 1.82) is 0 Å². The van der Waals surface area contributed by atoms with E-state index in [-0.39, 0.29) is 10.9 Å². The highest BCUT2D eigenvalue weighted by Crippen LogP contribution is 2.16. The molecule has 1 unspecified atom stereocenters. The van der Waals surface area contributed by atoms with Crippen LogP contribution in [0.1, 0.15) is 27.2 Å². The summed E-state index contributed by atoms with van der Waals surface area (Å²) in [4.78, 5) is 0.265. The zero-order chi connectivity index (χ0) is 12.9. The minimum Gasteiger partial charge on any atom is -0.494 e. The summed E-state index contributed by atoms with van der Waals surface area (Å²) in [6.07, 6.45) is 0.760. The van der Waals surface area contributed by atoms with Gasteiger partial charge in [-0.2, -0.15) is 0 Å². The largest absolute Gasteiger partial charge is 0.494 e. The van der Waals surface area contributed by atoms with Crippen molar-refractivity contribution in [3.8, 4) is 5.75 Å². The molecule has 1 aromatic rings. The van der Waals surface area contributed by atoms with E-state index in [0.29, 0.717) is 12.4 Å². The second kappa shape index (κ2) is 6.02. The summed E-state index contributed by atoms with van der Waals surface area (Å²) in [6.45, 7) is 6.23. The monoisotopic (exact) mass is 257 g/mol. The molecule has 0 aromatic heterocycles. The van der Waals surface area contributed by atoms with E-state index in [4.69, 9.17) is 4.74 Å². The van der Waals surface area contributed by atoms with Gasteiger partial charge in [-0.15, -0.1) is 0 Å². The lowest BCUT2D eigenvalue weighted by Gasteiger charge is -2.12. The van der Waals surface area contributed by atoms with Crippen LogP contribution in [0.25, 0.3) is 0 Å². The molecule has 1 aromatic carbocycles. The van der Waals surface area contributed by atoms with Crippen LogP contribution in [0.3, 0.4) is 0 Å². The first-order valence-electron chi connectivity index (χ1n) is 5.74. The number of sulfonamides is 1. The molecule has 0 aliphatic carbocycles. The average molecular weight is 257 g/mol. The van der Waals surface area contributed by atoms with Crippen LogP contribution in [0, 0.1) is 0 Å². The number of nitrogens with one attached hydrogen (secondary N) is 1. The standard InChI is InChI=1S/C12H19NO3S/c1-4-10(3)13-17(14,15)12-8-6-11(7-9-12)16-5-2/h6-10,13H,4-5H2,1-3H3. The molecule has 17 heavy (non-hydrogen) atoms. The molecule has 0 amide bonds. The van der Waals surface area contributed by atoms with Gasteiger partial charge in [0.25, 0.3) is 0 Å². The van der Waals surface area contributed by atoms with E-state index in [0.717, 1.165) is 6.42 Å². The van der Waals surface area contributed by atoms with Gasteiger partial charge in [0, 0.05) is 6.04 Å². The van der Waals surface area contributed by atoms with Gasteiger partial charge in [0.1, 0.15) is 5.75 Å². The van der Waals surface area contributed by atoms with Gasteiger partial charge >= 0.3 is 0 Å². The quantitative estimate of drug-likeness (QED) is 0.849.